The molecule has 5 heteroatoms. The van der Waals surface area contributed by atoms with Gasteiger partial charge in [-0.05, 0) is 49.9 Å². The number of carbonyl (C=O) groups is 1. The molecule has 0 bridgehead atoms. The second-order valence-electron chi connectivity index (χ2n) is 4.68. The average molecular weight is 289 g/mol. The van der Waals surface area contributed by atoms with E-state index in [1.165, 1.54) is 0 Å². The third kappa shape index (κ3) is 2.86. The second-order valence-corrected chi connectivity index (χ2v) is 5.60. The van der Waals surface area contributed by atoms with Gasteiger partial charge in [-0.3, -0.25) is 0 Å². The Balaban J connectivity index is 3.01. The summed E-state index contributed by atoms with van der Waals surface area (Å²) in [7, 11) is 3.97. The van der Waals surface area contributed by atoms with E-state index >= 15 is 0 Å². The predicted molar refractivity (Wildman–Crippen MR) is 66.9 cm³/mol. The minimum absolute atomic E-state index is 0.0946. The zero-order valence-electron chi connectivity index (χ0n) is 9.99. The Bertz CT molecular complexity index is 397. The standard InChI is InChI=1S/C11H17BrN2O2/c1-11(2,13(3)4)7-14-6-8(12)5-9(14)10(15)16/h5-6H,7H2,1-4H3,(H,15,16). The van der Waals surface area contributed by atoms with Crippen molar-refractivity contribution in [1.82, 2.24) is 9.47 Å². The maximum Gasteiger partial charge on any atom is 0.352 e. The lowest BCUT2D eigenvalue weighted by Crippen LogP contribution is -2.42. The number of carboxylic acid groups (broad SMARTS) is 1. The molecular formula is C11H17BrN2O2. The van der Waals surface area contributed by atoms with Crippen molar-refractivity contribution in [3.8, 4) is 0 Å². The Morgan fingerprint density at radius 1 is 1.56 bits per heavy atom. The summed E-state index contributed by atoms with van der Waals surface area (Å²) in [6.45, 7) is 4.78. The lowest BCUT2D eigenvalue weighted by Gasteiger charge is -2.33. The highest BCUT2D eigenvalue weighted by molar-refractivity contribution is 9.10. The van der Waals surface area contributed by atoms with Gasteiger partial charge in [0.25, 0.3) is 0 Å². The molecule has 1 aromatic rings. The third-order valence-corrected chi connectivity index (χ3v) is 3.28. The molecule has 1 heterocycles. The van der Waals surface area contributed by atoms with Crippen LogP contribution >= 0.6 is 15.9 Å². The molecule has 0 atom stereocenters. The van der Waals surface area contributed by atoms with Gasteiger partial charge in [-0.1, -0.05) is 0 Å². The molecule has 0 amide bonds. The van der Waals surface area contributed by atoms with Crippen molar-refractivity contribution in [3.05, 3.63) is 22.4 Å². The first-order valence-corrected chi connectivity index (χ1v) is 5.80. The summed E-state index contributed by atoms with van der Waals surface area (Å²) >= 11 is 3.30. The van der Waals surface area contributed by atoms with Crippen molar-refractivity contribution in [3.63, 3.8) is 0 Å². The molecule has 4 nitrogen and oxygen atoms in total. The molecule has 0 aliphatic heterocycles. The van der Waals surface area contributed by atoms with Crippen LogP contribution in [0.4, 0.5) is 0 Å². The van der Waals surface area contributed by atoms with Crippen LogP contribution in [-0.4, -0.2) is 40.2 Å². The first kappa shape index (κ1) is 13.3. The van der Waals surface area contributed by atoms with Crippen molar-refractivity contribution < 1.29 is 9.90 Å². The average Bonchev–Trinajstić information content (AvgIpc) is 2.45. The van der Waals surface area contributed by atoms with Crippen molar-refractivity contribution in [2.24, 2.45) is 0 Å². The van der Waals surface area contributed by atoms with Crippen LogP contribution in [0.25, 0.3) is 0 Å². The Hall–Kier alpha value is -0.810. The zero-order valence-corrected chi connectivity index (χ0v) is 11.6. The van der Waals surface area contributed by atoms with E-state index in [2.05, 4.69) is 34.7 Å². The molecule has 1 aromatic heterocycles. The van der Waals surface area contributed by atoms with Gasteiger partial charge in [-0.25, -0.2) is 4.79 Å². The van der Waals surface area contributed by atoms with Crippen LogP contribution in [0.15, 0.2) is 16.7 Å². The molecule has 1 rings (SSSR count). The Morgan fingerprint density at radius 3 is 2.56 bits per heavy atom. The van der Waals surface area contributed by atoms with Crippen molar-refractivity contribution >= 4 is 21.9 Å². The molecule has 0 unspecified atom stereocenters. The SMILES string of the molecule is CN(C)C(C)(C)Cn1cc(Br)cc1C(=O)O. The molecule has 0 aliphatic carbocycles. The normalized spacial score (nSPS) is 12.1. The highest BCUT2D eigenvalue weighted by Crippen LogP contribution is 2.20. The number of aromatic carboxylic acids is 1. The van der Waals surface area contributed by atoms with Gasteiger partial charge in [0.15, 0.2) is 0 Å². The van der Waals surface area contributed by atoms with Crippen LogP contribution in [0.3, 0.4) is 0 Å². The van der Waals surface area contributed by atoms with Gasteiger partial charge >= 0.3 is 5.97 Å². The van der Waals surface area contributed by atoms with Crippen LogP contribution in [0.1, 0.15) is 24.3 Å². The van der Waals surface area contributed by atoms with Gasteiger partial charge in [0.05, 0.1) is 0 Å². The molecule has 0 aromatic carbocycles. The van der Waals surface area contributed by atoms with Crippen molar-refractivity contribution in [2.75, 3.05) is 14.1 Å². The number of hydrogen-bond donors (Lipinski definition) is 1. The first-order chi connectivity index (χ1) is 7.24. The van der Waals surface area contributed by atoms with E-state index in [0.717, 1.165) is 4.47 Å². The summed E-state index contributed by atoms with van der Waals surface area (Å²) in [4.78, 5) is 13.1. The van der Waals surface area contributed by atoms with E-state index in [0.29, 0.717) is 12.2 Å². The molecule has 16 heavy (non-hydrogen) atoms. The molecule has 0 radical (unpaired) electrons. The zero-order chi connectivity index (χ0) is 12.5. The molecule has 0 saturated carbocycles. The van der Waals surface area contributed by atoms with Crippen LogP contribution in [-0.2, 0) is 6.54 Å². The summed E-state index contributed by atoms with van der Waals surface area (Å²) in [6.07, 6.45) is 1.80. The molecule has 0 aliphatic rings. The first-order valence-electron chi connectivity index (χ1n) is 5.00. The van der Waals surface area contributed by atoms with Crippen LogP contribution in [0.2, 0.25) is 0 Å². The van der Waals surface area contributed by atoms with Gasteiger partial charge in [-0.2, -0.15) is 0 Å². The maximum atomic E-state index is 11.0. The topological polar surface area (TPSA) is 45.5 Å². The van der Waals surface area contributed by atoms with Gasteiger partial charge in [0.2, 0.25) is 0 Å². The summed E-state index contributed by atoms with van der Waals surface area (Å²) in [5.41, 5.74) is 0.213. The molecular weight excluding hydrogens is 272 g/mol. The van der Waals surface area contributed by atoms with E-state index in [4.69, 9.17) is 5.11 Å². The van der Waals surface area contributed by atoms with Gasteiger partial charge in [-0.15, -0.1) is 0 Å². The number of nitrogens with zero attached hydrogens (tertiary/aromatic N) is 2. The van der Waals surface area contributed by atoms with Crippen molar-refractivity contribution in [2.45, 2.75) is 25.9 Å². The van der Waals surface area contributed by atoms with Crippen LogP contribution < -0.4 is 0 Å². The fraction of sp³-hybridized carbons (Fsp3) is 0.545. The Labute approximate surface area is 104 Å². The second kappa shape index (κ2) is 4.59. The summed E-state index contributed by atoms with van der Waals surface area (Å²) in [6, 6.07) is 1.62. The van der Waals surface area contributed by atoms with Crippen molar-refractivity contribution in [1.29, 1.82) is 0 Å². The summed E-state index contributed by atoms with van der Waals surface area (Å²) in [5.74, 6) is -0.903. The van der Waals surface area contributed by atoms with Gasteiger partial charge in [0.1, 0.15) is 5.69 Å². The fourth-order valence-corrected chi connectivity index (χ4v) is 1.81. The molecule has 0 spiro atoms. The third-order valence-electron chi connectivity index (χ3n) is 2.85. The van der Waals surface area contributed by atoms with Gasteiger partial charge < -0.3 is 14.6 Å². The van der Waals surface area contributed by atoms with Crippen LogP contribution in [0.5, 0.6) is 0 Å². The van der Waals surface area contributed by atoms with E-state index < -0.39 is 5.97 Å². The monoisotopic (exact) mass is 288 g/mol. The number of hydrogen-bond acceptors (Lipinski definition) is 2. The number of rotatable bonds is 4. The van der Waals surface area contributed by atoms with Crippen LogP contribution in [0, 0.1) is 0 Å². The Morgan fingerprint density at radius 2 is 2.12 bits per heavy atom. The Kier molecular flexibility index (Phi) is 3.80. The largest absolute Gasteiger partial charge is 0.477 e. The molecule has 0 saturated heterocycles. The highest BCUT2D eigenvalue weighted by atomic mass is 79.9. The van der Waals surface area contributed by atoms with Gasteiger partial charge in [0, 0.05) is 22.8 Å². The quantitative estimate of drug-likeness (QED) is 0.925. The lowest BCUT2D eigenvalue weighted by atomic mass is 10.0. The molecule has 0 fully saturated rings. The number of carboxylic acids is 1. The molecule has 1 N–H and O–H groups in total. The maximum absolute atomic E-state index is 11.0. The fourth-order valence-electron chi connectivity index (χ4n) is 1.34. The minimum atomic E-state index is -0.903. The summed E-state index contributed by atoms with van der Waals surface area (Å²) < 4.78 is 2.55. The number of aromatic nitrogens is 1. The molecule has 90 valence electrons. The van der Waals surface area contributed by atoms with E-state index in [9.17, 15) is 4.79 Å². The minimum Gasteiger partial charge on any atom is -0.477 e. The number of halogens is 1. The predicted octanol–water partition coefficient (Wildman–Crippen LogP) is 2.29. The number of likely N-dealkylation sites (N-methyl/N-ethyl adjacent to an activating group) is 1. The smallest absolute Gasteiger partial charge is 0.352 e. The lowest BCUT2D eigenvalue weighted by molar-refractivity contribution is 0.0679. The van der Waals surface area contributed by atoms with E-state index in [-0.39, 0.29) is 5.54 Å². The van der Waals surface area contributed by atoms with E-state index in [1.807, 2.05) is 14.1 Å². The van der Waals surface area contributed by atoms with E-state index in [1.54, 1.807) is 16.8 Å². The highest BCUT2D eigenvalue weighted by Gasteiger charge is 2.23. The summed E-state index contributed by atoms with van der Waals surface area (Å²) in [5, 5.41) is 9.06.